The predicted octanol–water partition coefficient (Wildman–Crippen LogP) is 2.53. The highest BCUT2D eigenvalue weighted by Crippen LogP contribution is 2.25. The van der Waals surface area contributed by atoms with Gasteiger partial charge in [0.05, 0.1) is 17.8 Å². The van der Waals surface area contributed by atoms with Gasteiger partial charge in [-0.1, -0.05) is 13.3 Å². The number of rotatable bonds is 5. The van der Waals surface area contributed by atoms with Crippen LogP contribution in [0.25, 0.3) is 0 Å². The van der Waals surface area contributed by atoms with E-state index < -0.39 is 0 Å². The fourth-order valence-electron chi connectivity index (χ4n) is 2.72. The number of amides is 1. The second-order valence-corrected chi connectivity index (χ2v) is 6.40. The van der Waals surface area contributed by atoms with Crippen LogP contribution < -0.4 is 11.1 Å². The summed E-state index contributed by atoms with van der Waals surface area (Å²) in [5.74, 6) is 1.13. The van der Waals surface area contributed by atoms with E-state index in [0.717, 1.165) is 48.4 Å². The number of aromatic nitrogens is 2. The molecule has 3 heterocycles. The Balaban J connectivity index is 1.79. The molecule has 2 aromatic heterocycles. The van der Waals surface area contributed by atoms with E-state index in [4.69, 9.17) is 5.73 Å². The molecule has 122 valence electrons. The SMILES string of the molecule is CCCCNc1nc(N)nc2c1CCN(C(=O)c1ccsc1)C2. The van der Waals surface area contributed by atoms with Gasteiger partial charge >= 0.3 is 0 Å². The van der Waals surface area contributed by atoms with Crippen molar-refractivity contribution in [1.82, 2.24) is 14.9 Å². The standard InChI is InChI=1S/C16H21N5OS/c1-2-3-6-18-14-12-4-7-21(9-13(12)19-16(17)20-14)15(22)11-5-8-23-10-11/h5,8,10H,2-4,6-7,9H2,1H3,(H3,17,18,19,20). The van der Waals surface area contributed by atoms with E-state index in [1.165, 1.54) is 11.3 Å². The summed E-state index contributed by atoms with van der Waals surface area (Å²) in [5, 5.41) is 7.15. The summed E-state index contributed by atoms with van der Waals surface area (Å²) in [6, 6.07) is 1.86. The molecule has 0 bridgehead atoms. The molecule has 0 saturated heterocycles. The third-order valence-corrected chi connectivity index (χ3v) is 4.64. The van der Waals surface area contributed by atoms with Crippen LogP contribution >= 0.6 is 11.3 Å². The maximum atomic E-state index is 12.5. The monoisotopic (exact) mass is 331 g/mol. The summed E-state index contributed by atoms with van der Waals surface area (Å²) >= 11 is 1.53. The van der Waals surface area contributed by atoms with E-state index in [0.29, 0.717) is 13.1 Å². The highest BCUT2D eigenvalue weighted by Gasteiger charge is 2.25. The van der Waals surface area contributed by atoms with Gasteiger partial charge in [0.15, 0.2) is 0 Å². The average molecular weight is 331 g/mol. The van der Waals surface area contributed by atoms with E-state index in [1.807, 2.05) is 21.7 Å². The van der Waals surface area contributed by atoms with Gasteiger partial charge in [-0.05, 0) is 24.3 Å². The van der Waals surface area contributed by atoms with Crippen molar-refractivity contribution in [3.8, 4) is 0 Å². The van der Waals surface area contributed by atoms with Crippen molar-refractivity contribution in [2.24, 2.45) is 0 Å². The van der Waals surface area contributed by atoms with Gasteiger partial charge < -0.3 is 16.0 Å². The summed E-state index contributed by atoms with van der Waals surface area (Å²) in [7, 11) is 0. The van der Waals surface area contributed by atoms with Crippen molar-refractivity contribution >= 4 is 29.0 Å². The Kier molecular flexibility index (Phi) is 4.76. The van der Waals surface area contributed by atoms with Crippen molar-refractivity contribution in [2.75, 3.05) is 24.1 Å². The Morgan fingerprint density at radius 3 is 3.09 bits per heavy atom. The Labute approximate surface area is 139 Å². The van der Waals surface area contributed by atoms with Crippen molar-refractivity contribution < 1.29 is 4.79 Å². The van der Waals surface area contributed by atoms with Gasteiger partial charge in [0.25, 0.3) is 5.91 Å². The molecule has 0 radical (unpaired) electrons. The average Bonchev–Trinajstić information content (AvgIpc) is 3.08. The maximum absolute atomic E-state index is 12.5. The van der Waals surface area contributed by atoms with Crippen molar-refractivity contribution in [2.45, 2.75) is 32.7 Å². The number of hydrogen-bond acceptors (Lipinski definition) is 6. The van der Waals surface area contributed by atoms with Crippen LogP contribution in [0, 0.1) is 0 Å². The molecular formula is C16H21N5OS. The van der Waals surface area contributed by atoms with Crippen LogP contribution in [0.2, 0.25) is 0 Å². The van der Waals surface area contributed by atoms with Gasteiger partial charge in [-0.2, -0.15) is 16.3 Å². The highest BCUT2D eigenvalue weighted by molar-refractivity contribution is 7.08. The fraction of sp³-hybridized carbons (Fsp3) is 0.438. The molecule has 6 nitrogen and oxygen atoms in total. The van der Waals surface area contributed by atoms with Crippen LogP contribution in [0.1, 0.15) is 41.4 Å². The minimum absolute atomic E-state index is 0.0505. The molecule has 2 aromatic rings. The molecule has 3 N–H and O–H groups in total. The van der Waals surface area contributed by atoms with Crippen LogP contribution in [-0.2, 0) is 13.0 Å². The van der Waals surface area contributed by atoms with Crippen molar-refractivity contribution in [1.29, 1.82) is 0 Å². The van der Waals surface area contributed by atoms with E-state index in [9.17, 15) is 4.79 Å². The zero-order valence-corrected chi connectivity index (χ0v) is 14.0. The molecular weight excluding hydrogens is 310 g/mol. The second kappa shape index (κ2) is 6.95. The Hall–Kier alpha value is -2.15. The number of carbonyl (C=O) groups excluding carboxylic acids is 1. The summed E-state index contributed by atoms with van der Waals surface area (Å²) < 4.78 is 0. The van der Waals surface area contributed by atoms with Gasteiger partial charge in [0.1, 0.15) is 5.82 Å². The minimum atomic E-state index is 0.0505. The normalized spacial score (nSPS) is 13.7. The summed E-state index contributed by atoms with van der Waals surface area (Å²) in [6.07, 6.45) is 2.96. The number of hydrogen-bond donors (Lipinski definition) is 2. The molecule has 1 aliphatic heterocycles. The van der Waals surface area contributed by atoms with Gasteiger partial charge in [-0.3, -0.25) is 4.79 Å². The molecule has 0 aliphatic carbocycles. The molecule has 0 unspecified atom stereocenters. The van der Waals surface area contributed by atoms with Crippen molar-refractivity contribution in [3.05, 3.63) is 33.6 Å². The van der Waals surface area contributed by atoms with Crippen LogP contribution in [0.15, 0.2) is 16.8 Å². The largest absolute Gasteiger partial charge is 0.370 e. The van der Waals surface area contributed by atoms with E-state index in [-0.39, 0.29) is 11.9 Å². The number of nitrogens with zero attached hydrogens (tertiary/aromatic N) is 3. The maximum Gasteiger partial charge on any atom is 0.255 e. The Morgan fingerprint density at radius 1 is 1.48 bits per heavy atom. The van der Waals surface area contributed by atoms with Gasteiger partial charge in [0.2, 0.25) is 5.95 Å². The number of thiophene rings is 1. The number of carbonyl (C=O) groups is 1. The smallest absolute Gasteiger partial charge is 0.255 e. The molecule has 0 fully saturated rings. The second-order valence-electron chi connectivity index (χ2n) is 5.62. The summed E-state index contributed by atoms with van der Waals surface area (Å²) in [4.78, 5) is 23.0. The zero-order valence-electron chi connectivity index (χ0n) is 13.2. The number of nitrogens with two attached hydrogens (primary N) is 1. The number of nitrogens with one attached hydrogen (secondary N) is 1. The van der Waals surface area contributed by atoms with E-state index in [2.05, 4.69) is 22.2 Å². The first-order valence-corrected chi connectivity index (χ1v) is 8.84. The van der Waals surface area contributed by atoms with Gasteiger partial charge in [-0.25, -0.2) is 4.98 Å². The quantitative estimate of drug-likeness (QED) is 0.823. The lowest BCUT2D eigenvalue weighted by molar-refractivity contribution is 0.0732. The number of anilines is 2. The van der Waals surface area contributed by atoms with Crippen LogP contribution in [0.5, 0.6) is 0 Å². The first-order valence-electron chi connectivity index (χ1n) is 7.89. The number of nitrogen functional groups attached to an aromatic ring is 1. The fourth-order valence-corrected chi connectivity index (χ4v) is 3.35. The van der Waals surface area contributed by atoms with Crippen molar-refractivity contribution in [3.63, 3.8) is 0 Å². The lowest BCUT2D eigenvalue weighted by atomic mass is 10.0. The molecule has 1 amide bonds. The zero-order chi connectivity index (χ0) is 16.2. The molecule has 1 aliphatic rings. The van der Waals surface area contributed by atoms with E-state index in [1.54, 1.807) is 0 Å². The molecule has 3 rings (SSSR count). The summed E-state index contributed by atoms with van der Waals surface area (Å²) in [6.45, 7) is 4.19. The molecule has 0 aromatic carbocycles. The lowest BCUT2D eigenvalue weighted by Crippen LogP contribution is -2.37. The molecule has 7 heteroatoms. The highest BCUT2D eigenvalue weighted by atomic mass is 32.1. The van der Waals surface area contributed by atoms with Gasteiger partial charge in [-0.15, -0.1) is 0 Å². The molecule has 0 saturated carbocycles. The Morgan fingerprint density at radius 2 is 2.35 bits per heavy atom. The number of fused-ring (bicyclic) bond motifs is 1. The molecule has 23 heavy (non-hydrogen) atoms. The first kappa shape index (κ1) is 15.7. The topological polar surface area (TPSA) is 84.1 Å². The predicted molar refractivity (Wildman–Crippen MR) is 92.6 cm³/mol. The molecule has 0 spiro atoms. The molecule has 0 atom stereocenters. The van der Waals surface area contributed by atoms with E-state index >= 15 is 0 Å². The third kappa shape index (κ3) is 3.44. The number of unbranched alkanes of at least 4 members (excludes halogenated alkanes) is 1. The van der Waals surface area contributed by atoms with Crippen LogP contribution in [0.3, 0.4) is 0 Å². The third-order valence-electron chi connectivity index (χ3n) is 3.96. The van der Waals surface area contributed by atoms with Crippen LogP contribution in [-0.4, -0.2) is 33.9 Å². The van der Waals surface area contributed by atoms with Crippen LogP contribution in [0.4, 0.5) is 11.8 Å². The van der Waals surface area contributed by atoms with Gasteiger partial charge in [0, 0.05) is 24.0 Å². The minimum Gasteiger partial charge on any atom is -0.370 e. The first-order chi connectivity index (χ1) is 11.2. The summed E-state index contributed by atoms with van der Waals surface area (Å²) in [5.41, 5.74) is 8.52. The Bertz CT molecular complexity index is 686. The lowest BCUT2D eigenvalue weighted by Gasteiger charge is -2.29.